The predicted octanol–water partition coefficient (Wildman–Crippen LogP) is 3.01. The summed E-state index contributed by atoms with van der Waals surface area (Å²) in [5.74, 6) is 0.754. The van der Waals surface area contributed by atoms with Crippen molar-refractivity contribution in [1.29, 1.82) is 0 Å². The lowest BCUT2D eigenvalue weighted by Gasteiger charge is -2.14. The van der Waals surface area contributed by atoms with Crippen LogP contribution in [0.15, 0.2) is 0 Å². The van der Waals surface area contributed by atoms with Crippen LogP contribution in [0, 0.1) is 11.8 Å². The number of methoxy groups -OCH3 is 1. The van der Waals surface area contributed by atoms with Crippen LogP contribution in [0.2, 0.25) is 0 Å². The van der Waals surface area contributed by atoms with Crippen LogP contribution in [-0.2, 0) is 9.53 Å². The Balaban J connectivity index is 3.86. The van der Waals surface area contributed by atoms with E-state index in [-0.39, 0.29) is 11.9 Å². The summed E-state index contributed by atoms with van der Waals surface area (Å²) in [6.07, 6.45) is 4.09. The molecule has 0 saturated heterocycles. The van der Waals surface area contributed by atoms with Crippen LogP contribution in [0.3, 0.4) is 0 Å². The molecule has 0 aromatic carbocycles. The molecule has 0 bridgehead atoms. The van der Waals surface area contributed by atoms with Crippen LogP contribution >= 0.6 is 0 Å². The van der Waals surface area contributed by atoms with Gasteiger partial charge in [0.05, 0.1) is 13.0 Å². The maximum Gasteiger partial charge on any atom is 0.308 e. The molecular weight excluding hydrogens is 164 g/mol. The Labute approximate surface area is 81.7 Å². The van der Waals surface area contributed by atoms with Gasteiger partial charge in [-0.05, 0) is 18.8 Å². The van der Waals surface area contributed by atoms with Crippen molar-refractivity contribution in [2.75, 3.05) is 7.11 Å². The number of rotatable bonds is 6. The Bertz CT molecular complexity index is 141. The molecule has 0 aromatic heterocycles. The van der Waals surface area contributed by atoms with Gasteiger partial charge in [-0.3, -0.25) is 4.79 Å². The molecule has 0 radical (unpaired) electrons. The maximum absolute atomic E-state index is 11.3. The van der Waals surface area contributed by atoms with Crippen LogP contribution in [0.25, 0.3) is 0 Å². The predicted molar refractivity (Wildman–Crippen MR) is 54.5 cm³/mol. The van der Waals surface area contributed by atoms with E-state index < -0.39 is 0 Å². The standard InChI is InChI=1S/C11H22O2/c1-5-6-10(11(12)13-4)8-7-9(2)3/h9-10H,5-8H2,1-4H3. The third-order valence-electron chi connectivity index (χ3n) is 2.26. The fourth-order valence-electron chi connectivity index (χ4n) is 1.43. The zero-order valence-electron chi connectivity index (χ0n) is 9.30. The molecule has 2 heteroatoms. The van der Waals surface area contributed by atoms with Crippen LogP contribution < -0.4 is 0 Å². The Kier molecular flexibility index (Phi) is 6.65. The molecule has 0 heterocycles. The molecule has 1 atom stereocenters. The maximum atomic E-state index is 11.3. The number of carbonyl (C=O) groups excluding carboxylic acids is 1. The minimum absolute atomic E-state index is 0.0394. The quantitative estimate of drug-likeness (QED) is 0.596. The summed E-state index contributed by atoms with van der Waals surface area (Å²) in [4.78, 5) is 11.3. The molecule has 0 aliphatic heterocycles. The summed E-state index contributed by atoms with van der Waals surface area (Å²) in [5.41, 5.74) is 0. The van der Waals surface area contributed by atoms with E-state index in [2.05, 4.69) is 20.8 Å². The fourth-order valence-corrected chi connectivity index (χ4v) is 1.43. The second-order valence-corrected chi connectivity index (χ2v) is 3.98. The molecule has 0 rings (SSSR count). The molecule has 0 aliphatic carbocycles. The Morgan fingerprint density at radius 2 is 1.85 bits per heavy atom. The number of ether oxygens (including phenoxy) is 1. The van der Waals surface area contributed by atoms with Gasteiger partial charge in [0.1, 0.15) is 0 Å². The highest BCUT2D eigenvalue weighted by Gasteiger charge is 2.17. The van der Waals surface area contributed by atoms with Crippen LogP contribution in [0.4, 0.5) is 0 Å². The highest BCUT2D eigenvalue weighted by Crippen LogP contribution is 2.18. The van der Waals surface area contributed by atoms with E-state index in [1.807, 2.05) is 0 Å². The molecule has 0 spiro atoms. The molecule has 2 nitrogen and oxygen atoms in total. The van der Waals surface area contributed by atoms with Crippen molar-refractivity contribution in [3.63, 3.8) is 0 Å². The van der Waals surface area contributed by atoms with Gasteiger partial charge in [0.25, 0.3) is 0 Å². The molecule has 78 valence electrons. The molecule has 0 fully saturated rings. The summed E-state index contributed by atoms with van der Waals surface area (Å²) >= 11 is 0. The van der Waals surface area contributed by atoms with Gasteiger partial charge in [-0.1, -0.05) is 33.6 Å². The second-order valence-electron chi connectivity index (χ2n) is 3.98. The lowest BCUT2D eigenvalue weighted by molar-refractivity contribution is -0.146. The lowest BCUT2D eigenvalue weighted by Crippen LogP contribution is -2.16. The first-order chi connectivity index (χ1) is 6.11. The van der Waals surface area contributed by atoms with Crippen LogP contribution in [0.1, 0.15) is 46.5 Å². The lowest BCUT2D eigenvalue weighted by atomic mass is 9.94. The van der Waals surface area contributed by atoms with Crippen molar-refractivity contribution >= 4 is 5.97 Å². The highest BCUT2D eigenvalue weighted by molar-refractivity contribution is 5.72. The van der Waals surface area contributed by atoms with Crippen LogP contribution in [-0.4, -0.2) is 13.1 Å². The van der Waals surface area contributed by atoms with Crippen molar-refractivity contribution < 1.29 is 9.53 Å². The molecule has 0 aliphatic rings. The van der Waals surface area contributed by atoms with E-state index in [9.17, 15) is 4.79 Å². The number of esters is 1. The summed E-state index contributed by atoms with van der Waals surface area (Å²) in [7, 11) is 1.47. The van der Waals surface area contributed by atoms with Gasteiger partial charge in [-0.2, -0.15) is 0 Å². The van der Waals surface area contributed by atoms with E-state index in [4.69, 9.17) is 4.74 Å². The highest BCUT2D eigenvalue weighted by atomic mass is 16.5. The second kappa shape index (κ2) is 6.93. The van der Waals surface area contributed by atoms with Gasteiger partial charge in [0.15, 0.2) is 0 Å². The monoisotopic (exact) mass is 186 g/mol. The van der Waals surface area contributed by atoms with Crippen molar-refractivity contribution in [2.24, 2.45) is 11.8 Å². The Morgan fingerprint density at radius 1 is 1.23 bits per heavy atom. The van der Waals surface area contributed by atoms with Crippen molar-refractivity contribution in [3.8, 4) is 0 Å². The molecule has 0 amide bonds. The van der Waals surface area contributed by atoms with Gasteiger partial charge < -0.3 is 4.74 Å². The Hall–Kier alpha value is -0.530. The zero-order chi connectivity index (χ0) is 10.3. The molecular formula is C11H22O2. The minimum atomic E-state index is -0.0394. The fraction of sp³-hybridized carbons (Fsp3) is 0.909. The van der Waals surface area contributed by atoms with Gasteiger partial charge in [-0.25, -0.2) is 0 Å². The molecule has 0 aromatic rings. The van der Waals surface area contributed by atoms with E-state index in [0.717, 1.165) is 25.7 Å². The van der Waals surface area contributed by atoms with Crippen molar-refractivity contribution in [3.05, 3.63) is 0 Å². The van der Waals surface area contributed by atoms with Gasteiger partial charge in [0, 0.05) is 0 Å². The average molecular weight is 186 g/mol. The SMILES string of the molecule is CCCC(CCC(C)C)C(=O)OC. The van der Waals surface area contributed by atoms with E-state index >= 15 is 0 Å². The third-order valence-corrected chi connectivity index (χ3v) is 2.26. The molecule has 1 unspecified atom stereocenters. The van der Waals surface area contributed by atoms with Gasteiger partial charge in [-0.15, -0.1) is 0 Å². The van der Waals surface area contributed by atoms with Gasteiger partial charge in [0.2, 0.25) is 0 Å². The summed E-state index contributed by atoms with van der Waals surface area (Å²) in [6.45, 7) is 6.46. The number of carbonyl (C=O) groups is 1. The summed E-state index contributed by atoms with van der Waals surface area (Å²) in [6, 6.07) is 0. The zero-order valence-corrected chi connectivity index (χ0v) is 9.30. The smallest absolute Gasteiger partial charge is 0.308 e. The van der Waals surface area contributed by atoms with E-state index in [0.29, 0.717) is 5.92 Å². The van der Waals surface area contributed by atoms with E-state index in [1.54, 1.807) is 0 Å². The average Bonchev–Trinajstić information content (AvgIpc) is 2.10. The first kappa shape index (κ1) is 12.5. The molecule has 13 heavy (non-hydrogen) atoms. The van der Waals surface area contributed by atoms with Crippen molar-refractivity contribution in [1.82, 2.24) is 0 Å². The topological polar surface area (TPSA) is 26.3 Å². The first-order valence-corrected chi connectivity index (χ1v) is 5.19. The number of hydrogen-bond acceptors (Lipinski definition) is 2. The molecule has 0 saturated carbocycles. The first-order valence-electron chi connectivity index (χ1n) is 5.19. The third kappa shape index (κ3) is 5.67. The largest absolute Gasteiger partial charge is 0.469 e. The number of hydrogen-bond donors (Lipinski definition) is 0. The van der Waals surface area contributed by atoms with Crippen molar-refractivity contribution in [2.45, 2.75) is 46.5 Å². The normalized spacial score (nSPS) is 13.0. The molecule has 0 N–H and O–H groups in total. The van der Waals surface area contributed by atoms with Gasteiger partial charge >= 0.3 is 5.97 Å². The minimum Gasteiger partial charge on any atom is -0.469 e. The van der Waals surface area contributed by atoms with Crippen LogP contribution in [0.5, 0.6) is 0 Å². The summed E-state index contributed by atoms with van der Waals surface area (Å²) in [5, 5.41) is 0. The summed E-state index contributed by atoms with van der Waals surface area (Å²) < 4.78 is 4.76. The Morgan fingerprint density at radius 3 is 2.23 bits per heavy atom. The van der Waals surface area contributed by atoms with E-state index in [1.165, 1.54) is 7.11 Å².